The SMILES string of the molecule is CCOCCn1c(=NC(=O)c2cccc(Br)c2)sc2cc(C)cc(C)c21. The topological polar surface area (TPSA) is 43.6 Å². The molecule has 0 bridgehead atoms. The van der Waals surface area contributed by atoms with Crippen molar-refractivity contribution >= 4 is 43.4 Å². The van der Waals surface area contributed by atoms with Crippen molar-refractivity contribution < 1.29 is 9.53 Å². The second-order valence-electron chi connectivity index (χ2n) is 6.09. The highest BCUT2D eigenvalue weighted by Gasteiger charge is 2.12. The van der Waals surface area contributed by atoms with Crippen LogP contribution in [0.1, 0.15) is 28.4 Å². The van der Waals surface area contributed by atoms with Crippen LogP contribution in [0.25, 0.3) is 10.2 Å². The Labute approximate surface area is 165 Å². The minimum atomic E-state index is -0.239. The van der Waals surface area contributed by atoms with Gasteiger partial charge in [-0.15, -0.1) is 0 Å². The molecule has 0 saturated heterocycles. The molecule has 136 valence electrons. The first-order valence-corrected chi connectivity index (χ1v) is 10.1. The summed E-state index contributed by atoms with van der Waals surface area (Å²) in [5.74, 6) is -0.239. The lowest BCUT2D eigenvalue weighted by Gasteiger charge is -2.08. The van der Waals surface area contributed by atoms with Crippen LogP contribution in [-0.2, 0) is 11.3 Å². The second-order valence-corrected chi connectivity index (χ2v) is 8.01. The van der Waals surface area contributed by atoms with E-state index in [0.717, 1.165) is 14.7 Å². The van der Waals surface area contributed by atoms with Gasteiger partial charge in [0.15, 0.2) is 4.80 Å². The van der Waals surface area contributed by atoms with Gasteiger partial charge in [-0.3, -0.25) is 4.79 Å². The Bertz CT molecular complexity index is 1020. The van der Waals surface area contributed by atoms with Crippen LogP contribution in [0.2, 0.25) is 0 Å². The van der Waals surface area contributed by atoms with Gasteiger partial charge in [0.05, 0.1) is 16.8 Å². The minimum Gasteiger partial charge on any atom is -0.380 e. The maximum absolute atomic E-state index is 12.7. The molecule has 0 atom stereocenters. The Morgan fingerprint density at radius 2 is 2.08 bits per heavy atom. The highest BCUT2D eigenvalue weighted by atomic mass is 79.9. The summed E-state index contributed by atoms with van der Waals surface area (Å²) in [7, 11) is 0. The summed E-state index contributed by atoms with van der Waals surface area (Å²) in [5.41, 5.74) is 4.09. The van der Waals surface area contributed by atoms with E-state index in [1.165, 1.54) is 11.1 Å². The van der Waals surface area contributed by atoms with Crippen LogP contribution in [0.4, 0.5) is 0 Å². The molecule has 1 aromatic heterocycles. The number of nitrogens with zero attached hydrogens (tertiary/aromatic N) is 2. The molecule has 0 radical (unpaired) electrons. The zero-order chi connectivity index (χ0) is 18.7. The quantitative estimate of drug-likeness (QED) is 0.540. The van der Waals surface area contributed by atoms with E-state index in [-0.39, 0.29) is 5.91 Å². The maximum atomic E-state index is 12.7. The fraction of sp³-hybridized carbons (Fsp3) is 0.300. The Morgan fingerprint density at radius 3 is 2.81 bits per heavy atom. The molecular weight excluding hydrogens is 412 g/mol. The standard InChI is InChI=1S/C20H21BrN2O2S/c1-4-25-9-8-23-18-14(3)10-13(2)11-17(18)26-20(23)22-19(24)15-6-5-7-16(21)12-15/h5-7,10-12H,4,8-9H2,1-3H3. The number of hydrogen-bond acceptors (Lipinski definition) is 3. The van der Waals surface area contributed by atoms with Crippen molar-refractivity contribution in [1.29, 1.82) is 0 Å². The molecule has 1 heterocycles. The zero-order valence-electron chi connectivity index (χ0n) is 15.1. The number of aryl methyl sites for hydroxylation is 2. The molecular formula is C20H21BrN2O2S. The van der Waals surface area contributed by atoms with Gasteiger partial charge in [-0.25, -0.2) is 0 Å². The molecule has 4 nitrogen and oxygen atoms in total. The van der Waals surface area contributed by atoms with Gasteiger partial charge in [-0.05, 0) is 56.2 Å². The van der Waals surface area contributed by atoms with Gasteiger partial charge in [0.2, 0.25) is 0 Å². The lowest BCUT2D eigenvalue weighted by atomic mass is 10.1. The fourth-order valence-electron chi connectivity index (χ4n) is 2.96. The van der Waals surface area contributed by atoms with E-state index in [1.54, 1.807) is 23.5 Å². The van der Waals surface area contributed by atoms with Crippen LogP contribution < -0.4 is 4.80 Å². The summed E-state index contributed by atoms with van der Waals surface area (Å²) in [6.07, 6.45) is 0. The summed E-state index contributed by atoms with van der Waals surface area (Å²) < 4.78 is 9.63. The third-order valence-electron chi connectivity index (χ3n) is 4.04. The first-order chi connectivity index (χ1) is 12.5. The molecule has 3 aromatic rings. The molecule has 0 fully saturated rings. The number of aromatic nitrogens is 1. The number of ether oxygens (including phenoxy) is 1. The third-order valence-corrected chi connectivity index (χ3v) is 5.56. The summed E-state index contributed by atoms with van der Waals surface area (Å²) >= 11 is 4.95. The molecule has 3 rings (SSSR count). The summed E-state index contributed by atoms with van der Waals surface area (Å²) in [4.78, 5) is 17.8. The predicted molar refractivity (Wildman–Crippen MR) is 110 cm³/mol. The number of amides is 1. The van der Waals surface area contributed by atoms with Crippen molar-refractivity contribution in [2.75, 3.05) is 13.2 Å². The summed E-state index contributed by atoms with van der Waals surface area (Å²) in [6, 6.07) is 11.6. The lowest BCUT2D eigenvalue weighted by Crippen LogP contribution is -2.20. The van der Waals surface area contributed by atoms with E-state index in [0.29, 0.717) is 30.1 Å². The number of fused-ring (bicyclic) bond motifs is 1. The number of carbonyl (C=O) groups excluding carboxylic acids is 1. The second kappa shape index (κ2) is 8.29. The number of carbonyl (C=O) groups is 1. The Balaban J connectivity index is 2.12. The van der Waals surface area contributed by atoms with Gasteiger partial charge in [-0.2, -0.15) is 4.99 Å². The van der Waals surface area contributed by atoms with E-state index < -0.39 is 0 Å². The van der Waals surface area contributed by atoms with Gasteiger partial charge in [-0.1, -0.05) is 39.4 Å². The van der Waals surface area contributed by atoms with Crippen molar-refractivity contribution in [2.45, 2.75) is 27.3 Å². The van der Waals surface area contributed by atoms with E-state index in [2.05, 4.69) is 51.5 Å². The lowest BCUT2D eigenvalue weighted by molar-refractivity contribution is 0.0996. The van der Waals surface area contributed by atoms with E-state index in [1.807, 2.05) is 19.1 Å². The Kier molecular flexibility index (Phi) is 6.06. The Hall–Kier alpha value is -1.76. The van der Waals surface area contributed by atoms with Crippen molar-refractivity contribution in [3.05, 3.63) is 62.4 Å². The van der Waals surface area contributed by atoms with Crippen LogP contribution in [0, 0.1) is 13.8 Å². The van der Waals surface area contributed by atoms with Gasteiger partial charge in [0.25, 0.3) is 5.91 Å². The summed E-state index contributed by atoms with van der Waals surface area (Å²) in [6.45, 7) is 8.09. The largest absolute Gasteiger partial charge is 0.380 e. The first kappa shape index (κ1) is 19.0. The number of rotatable bonds is 5. The van der Waals surface area contributed by atoms with Crippen molar-refractivity contribution in [1.82, 2.24) is 4.57 Å². The van der Waals surface area contributed by atoms with Crippen LogP contribution in [0.3, 0.4) is 0 Å². The van der Waals surface area contributed by atoms with E-state index in [9.17, 15) is 4.79 Å². The highest BCUT2D eigenvalue weighted by Crippen LogP contribution is 2.23. The molecule has 0 unspecified atom stereocenters. The van der Waals surface area contributed by atoms with Crippen LogP contribution in [0.15, 0.2) is 45.9 Å². The first-order valence-electron chi connectivity index (χ1n) is 8.52. The predicted octanol–water partition coefficient (Wildman–Crippen LogP) is 4.86. The van der Waals surface area contributed by atoms with Gasteiger partial charge < -0.3 is 9.30 Å². The average molecular weight is 433 g/mol. The highest BCUT2D eigenvalue weighted by molar-refractivity contribution is 9.10. The number of hydrogen-bond donors (Lipinski definition) is 0. The van der Waals surface area contributed by atoms with E-state index >= 15 is 0 Å². The molecule has 26 heavy (non-hydrogen) atoms. The average Bonchev–Trinajstić information content (AvgIpc) is 2.92. The molecule has 1 amide bonds. The van der Waals surface area contributed by atoms with Gasteiger partial charge in [0.1, 0.15) is 0 Å². The third kappa shape index (κ3) is 4.14. The van der Waals surface area contributed by atoms with Crippen molar-refractivity contribution in [3.63, 3.8) is 0 Å². The van der Waals surface area contributed by atoms with Crippen LogP contribution in [-0.4, -0.2) is 23.7 Å². The molecule has 0 N–H and O–H groups in total. The molecule has 6 heteroatoms. The number of thiazole rings is 1. The normalized spacial score (nSPS) is 12.1. The molecule has 0 spiro atoms. The van der Waals surface area contributed by atoms with Gasteiger partial charge in [0, 0.05) is 23.2 Å². The van der Waals surface area contributed by atoms with E-state index in [4.69, 9.17) is 4.74 Å². The Morgan fingerprint density at radius 1 is 1.27 bits per heavy atom. The monoisotopic (exact) mass is 432 g/mol. The van der Waals surface area contributed by atoms with Crippen molar-refractivity contribution in [2.24, 2.45) is 4.99 Å². The number of benzene rings is 2. The summed E-state index contributed by atoms with van der Waals surface area (Å²) in [5, 5.41) is 0. The molecule has 0 aliphatic heterocycles. The molecule has 2 aromatic carbocycles. The van der Waals surface area contributed by atoms with Crippen LogP contribution >= 0.6 is 27.3 Å². The molecule has 0 aliphatic carbocycles. The van der Waals surface area contributed by atoms with Crippen molar-refractivity contribution in [3.8, 4) is 0 Å². The minimum absolute atomic E-state index is 0.239. The molecule has 0 aliphatic rings. The number of halogens is 1. The van der Waals surface area contributed by atoms with Crippen LogP contribution in [0.5, 0.6) is 0 Å². The molecule has 0 saturated carbocycles. The fourth-order valence-corrected chi connectivity index (χ4v) is 4.59. The maximum Gasteiger partial charge on any atom is 0.279 e. The van der Waals surface area contributed by atoms with Gasteiger partial charge >= 0.3 is 0 Å². The zero-order valence-corrected chi connectivity index (χ0v) is 17.5. The smallest absolute Gasteiger partial charge is 0.279 e.